The molecule has 2 bridgehead atoms. The van der Waals surface area contributed by atoms with E-state index in [1.165, 1.54) is 45.3 Å². The average molecular weight is 166 g/mol. The number of hydrogen-bond donors (Lipinski definition) is 1. The van der Waals surface area contributed by atoms with E-state index in [0.717, 1.165) is 18.0 Å². The molecule has 2 heterocycles. The Morgan fingerprint density at radius 3 is 2.42 bits per heavy atom. The second kappa shape index (κ2) is 2.71. The molecular formula is C10H18N2. The van der Waals surface area contributed by atoms with Crippen LogP contribution in [0.3, 0.4) is 0 Å². The molecule has 3 aliphatic rings. The van der Waals surface area contributed by atoms with Gasteiger partial charge in [0.15, 0.2) is 0 Å². The molecule has 3 atom stereocenters. The summed E-state index contributed by atoms with van der Waals surface area (Å²) < 4.78 is 0. The van der Waals surface area contributed by atoms with E-state index in [1.807, 2.05) is 0 Å². The van der Waals surface area contributed by atoms with E-state index in [4.69, 9.17) is 0 Å². The number of likely N-dealkylation sites (tertiary alicyclic amines) is 1. The van der Waals surface area contributed by atoms with Crippen LogP contribution in [-0.4, -0.2) is 36.6 Å². The number of rotatable bonds is 1. The van der Waals surface area contributed by atoms with Crippen LogP contribution in [0.5, 0.6) is 0 Å². The summed E-state index contributed by atoms with van der Waals surface area (Å²) in [6.45, 7) is 4.05. The summed E-state index contributed by atoms with van der Waals surface area (Å²) in [5, 5.41) is 3.64. The second-order valence-electron chi connectivity index (χ2n) is 4.59. The van der Waals surface area contributed by atoms with Gasteiger partial charge in [0, 0.05) is 12.1 Å². The SMILES string of the molecule is C1CCN([C@@H]2[C@@H]3CC[C@H]2NC3)C1. The summed E-state index contributed by atoms with van der Waals surface area (Å²) in [4.78, 5) is 2.74. The molecule has 1 aliphatic carbocycles. The van der Waals surface area contributed by atoms with Gasteiger partial charge in [-0.05, 0) is 51.2 Å². The standard InChI is InChI=1S/C10H18N2/c1-2-6-12(5-1)10-8-3-4-9(10)11-7-8/h8-11H,1-7H2/t8-,9-,10-/m1/s1. The fraction of sp³-hybridized carbons (Fsp3) is 1.00. The van der Waals surface area contributed by atoms with E-state index in [-0.39, 0.29) is 0 Å². The lowest BCUT2D eigenvalue weighted by Crippen LogP contribution is -2.40. The van der Waals surface area contributed by atoms with Crippen LogP contribution in [0.4, 0.5) is 0 Å². The zero-order valence-corrected chi connectivity index (χ0v) is 7.63. The van der Waals surface area contributed by atoms with Crippen LogP contribution < -0.4 is 5.32 Å². The molecule has 0 radical (unpaired) electrons. The highest BCUT2D eigenvalue weighted by molar-refractivity contribution is 5.03. The molecular weight excluding hydrogens is 148 g/mol. The lowest BCUT2D eigenvalue weighted by molar-refractivity contribution is 0.215. The fourth-order valence-corrected chi connectivity index (χ4v) is 3.40. The largest absolute Gasteiger partial charge is 0.312 e. The van der Waals surface area contributed by atoms with Crippen LogP contribution in [0.15, 0.2) is 0 Å². The van der Waals surface area contributed by atoms with Crippen molar-refractivity contribution in [2.45, 2.75) is 37.8 Å². The Kier molecular flexibility index (Phi) is 1.66. The van der Waals surface area contributed by atoms with Crippen molar-refractivity contribution in [2.24, 2.45) is 5.92 Å². The number of fused-ring (bicyclic) bond motifs is 2. The van der Waals surface area contributed by atoms with E-state index >= 15 is 0 Å². The molecule has 2 saturated heterocycles. The molecule has 2 heteroatoms. The first-order chi connectivity index (χ1) is 5.95. The molecule has 0 spiro atoms. The van der Waals surface area contributed by atoms with Crippen molar-refractivity contribution in [3.63, 3.8) is 0 Å². The van der Waals surface area contributed by atoms with Gasteiger partial charge < -0.3 is 5.32 Å². The van der Waals surface area contributed by atoms with Crippen LogP contribution in [-0.2, 0) is 0 Å². The molecule has 12 heavy (non-hydrogen) atoms. The zero-order chi connectivity index (χ0) is 7.97. The van der Waals surface area contributed by atoms with Gasteiger partial charge in [-0.1, -0.05) is 0 Å². The molecule has 0 unspecified atom stereocenters. The lowest BCUT2D eigenvalue weighted by atomic mass is 10.1. The first-order valence-corrected chi connectivity index (χ1v) is 5.42. The van der Waals surface area contributed by atoms with Crippen molar-refractivity contribution in [1.29, 1.82) is 0 Å². The van der Waals surface area contributed by atoms with Crippen molar-refractivity contribution in [3.8, 4) is 0 Å². The van der Waals surface area contributed by atoms with Gasteiger partial charge in [0.2, 0.25) is 0 Å². The molecule has 3 rings (SSSR count). The Morgan fingerprint density at radius 2 is 1.92 bits per heavy atom. The summed E-state index contributed by atoms with van der Waals surface area (Å²) in [5.74, 6) is 0.994. The molecule has 0 aromatic rings. The smallest absolute Gasteiger partial charge is 0.0289 e. The van der Waals surface area contributed by atoms with Crippen molar-refractivity contribution in [3.05, 3.63) is 0 Å². The quantitative estimate of drug-likeness (QED) is 0.621. The predicted octanol–water partition coefficient (Wildman–Crippen LogP) is 0.833. The van der Waals surface area contributed by atoms with Gasteiger partial charge in [-0.3, -0.25) is 4.90 Å². The van der Waals surface area contributed by atoms with Crippen LogP contribution in [0.2, 0.25) is 0 Å². The Bertz CT molecular complexity index is 155. The Hall–Kier alpha value is -0.0800. The second-order valence-corrected chi connectivity index (χ2v) is 4.59. The number of hydrogen-bond acceptors (Lipinski definition) is 2. The monoisotopic (exact) mass is 166 g/mol. The molecule has 0 amide bonds. The summed E-state index contributed by atoms with van der Waals surface area (Å²) in [5.41, 5.74) is 0. The van der Waals surface area contributed by atoms with E-state index < -0.39 is 0 Å². The molecule has 0 aromatic heterocycles. The Morgan fingerprint density at radius 1 is 1.08 bits per heavy atom. The molecule has 1 saturated carbocycles. The van der Waals surface area contributed by atoms with Crippen molar-refractivity contribution in [2.75, 3.05) is 19.6 Å². The van der Waals surface area contributed by atoms with E-state index in [1.54, 1.807) is 0 Å². The summed E-state index contributed by atoms with van der Waals surface area (Å²) >= 11 is 0. The van der Waals surface area contributed by atoms with Gasteiger partial charge in [0.1, 0.15) is 0 Å². The van der Waals surface area contributed by atoms with E-state index in [9.17, 15) is 0 Å². The van der Waals surface area contributed by atoms with Crippen molar-refractivity contribution >= 4 is 0 Å². The minimum absolute atomic E-state index is 0.855. The van der Waals surface area contributed by atoms with Gasteiger partial charge >= 0.3 is 0 Å². The van der Waals surface area contributed by atoms with E-state index in [0.29, 0.717) is 0 Å². The molecule has 0 aromatic carbocycles. The normalized spacial score (nSPS) is 47.5. The predicted molar refractivity (Wildman–Crippen MR) is 49.1 cm³/mol. The van der Waals surface area contributed by atoms with Crippen LogP contribution in [0.25, 0.3) is 0 Å². The van der Waals surface area contributed by atoms with Crippen molar-refractivity contribution in [1.82, 2.24) is 10.2 Å². The van der Waals surface area contributed by atoms with Crippen LogP contribution >= 0.6 is 0 Å². The van der Waals surface area contributed by atoms with Crippen LogP contribution in [0.1, 0.15) is 25.7 Å². The minimum atomic E-state index is 0.855. The van der Waals surface area contributed by atoms with Crippen molar-refractivity contribution < 1.29 is 0 Å². The third kappa shape index (κ3) is 0.944. The van der Waals surface area contributed by atoms with Gasteiger partial charge in [-0.2, -0.15) is 0 Å². The lowest BCUT2D eigenvalue weighted by Gasteiger charge is -2.26. The topological polar surface area (TPSA) is 15.3 Å². The first kappa shape index (κ1) is 7.34. The summed E-state index contributed by atoms with van der Waals surface area (Å²) in [6.07, 6.45) is 5.80. The number of piperidine rings is 1. The fourth-order valence-electron chi connectivity index (χ4n) is 3.40. The maximum absolute atomic E-state index is 3.64. The van der Waals surface area contributed by atoms with Gasteiger partial charge in [-0.25, -0.2) is 0 Å². The summed E-state index contributed by atoms with van der Waals surface area (Å²) in [7, 11) is 0. The Labute approximate surface area is 74.3 Å². The zero-order valence-electron chi connectivity index (χ0n) is 7.63. The van der Waals surface area contributed by atoms with Gasteiger partial charge in [0.05, 0.1) is 0 Å². The molecule has 1 N–H and O–H groups in total. The molecule has 2 nitrogen and oxygen atoms in total. The molecule has 2 aliphatic heterocycles. The maximum Gasteiger partial charge on any atom is 0.0289 e. The highest BCUT2D eigenvalue weighted by atomic mass is 15.2. The Balaban J connectivity index is 1.75. The molecule has 3 fully saturated rings. The molecule has 68 valence electrons. The van der Waals surface area contributed by atoms with Gasteiger partial charge in [-0.15, -0.1) is 0 Å². The highest BCUT2D eigenvalue weighted by Gasteiger charge is 2.44. The average Bonchev–Trinajstić information content (AvgIpc) is 2.78. The summed E-state index contributed by atoms with van der Waals surface area (Å²) in [6, 6.07) is 1.78. The van der Waals surface area contributed by atoms with Crippen LogP contribution in [0, 0.1) is 5.92 Å². The third-order valence-electron chi connectivity index (χ3n) is 3.95. The highest BCUT2D eigenvalue weighted by Crippen LogP contribution is 2.36. The first-order valence-electron chi connectivity index (χ1n) is 5.42. The minimum Gasteiger partial charge on any atom is -0.312 e. The van der Waals surface area contributed by atoms with Gasteiger partial charge in [0.25, 0.3) is 0 Å². The third-order valence-corrected chi connectivity index (χ3v) is 3.95. The number of nitrogens with one attached hydrogen (secondary N) is 1. The number of nitrogens with zero attached hydrogens (tertiary/aromatic N) is 1. The van der Waals surface area contributed by atoms with E-state index in [2.05, 4.69) is 10.2 Å². The maximum atomic E-state index is 3.64.